The summed E-state index contributed by atoms with van der Waals surface area (Å²) in [4.78, 5) is 36.7. The number of hydrogen-bond acceptors (Lipinski definition) is 4. The van der Waals surface area contributed by atoms with Crippen molar-refractivity contribution in [1.29, 1.82) is 0 Å². The number of benzene rings is 1. The Balaban J connectivity index is 2.01. The highest BCUT2D eigenvalue weighted by Crippen LogP contribution is 2.34. The Bertz CT molecular complexity index is 1030. The van der Waals surface area contributed by atoms with Crippen molar-refractivity contribution in [3.05, 3.63) is 55.7 Å². The van der Waals surface area contributed by atoms with E-state index in [2.05, 4.69) is 32.6 Å². The van der Waals surface area contributed by atoms with Gasteiger partial charge in [0, 0.05) is 21.5 Å². The first-order valence-corrected chi connectivity index (χ1v) is 10.2. The second-order valence-corrected chi connectivity index (χ2v) is 8.58. The van der Waals surface area contributed by atoms with Crippen LogP contribution >= 0.6 is 27.7 Å². The molecule has 1 aromatic carbocycles. The molecule has 1 saturated heterocycles. The van der Waals surface area contributed by atoms with Gasteiger partial charge in [-0.2, -0.15) is 0 Å². The number of aromatic nitrogens is 1. The molecule has 0 bridgehead atoms. The van der Waals surface area contributed by atoms with Crippen LogP contribution in [0.2, 0.25) is 0 Å². The first-order chi connectivity index (χ1) is 13.1. The molecule has 1 aliphatic heterocycles. The van der Waals surface area contributed by atoms with E-state index in [9.17, 15) is 14.4 Å². The van der Waals surface area contributed by atoms with Crippen molar-refractivity contribution in [2.24, 2.45) is 5.73 Å². The van der Waals surface area contributed by atoms with E-state index in [0.717, 1.165) is 54.9 Å². The topological polar surface area (TPSA) is 85.4 Å². The Morgan fingerprint density at radius 2 is 1.75 bits per heavy atom. The van der Waals surface area contributed by atoms with Gasteiger partial charge in [-0.15, -0.1) is 0 Å². The van der Waals surface area contributed by atoms with Crippen LogP contribution in [0.1, 0.15) is 28.1 Å². The van der Waals surface area contributed by atoms with E-state index < -0.39 is 23.6 Å². The Morgan fingerprint density at radius 3 is 2.32 bits per heavy atom. The lowest BCUT2D eigenvalue weighted by Crippen LogP contribution is -2.36. The Morgan fingerprint density at radius 1 is 1.14 bits per heavy atom. The van der Waals surface area contributed by atoms with Gasteiger partial charge in [0.25, 0.3) is 11.1 Å². The van der Waals surface area contributed by atoms with Crippen LogP contribution in [0.5, 0.6) is 0 Å². The van der Waals surface area contributed by atoms with Crippen LogP contribution in [0, 0.1) is 27.7 Å². The maximum Gasteiger partial charge on any atom is 0.294 e. The number of hydrogen-bond donors (Lipinski definition) is 1. The second kappa shape index (κ2) is 7.60. The maximum atomic E-state index is 12.5. The van der Waals surface area contributed by atoms with Crippen LogP contribution in [-0.2, 0) is 9.59 Å². The molecule has 8 heteroatoms. The molecule has 1 aromatic heterocycles. The van der Waals surface area contributed by atoms with Crippen LogP contribution in [0.25, 0.3) is 11.8 Å². The molecule has 2 N–H and O–H groups in total. The normalized spacial score (nSPS) is 15.8. The lowest BCUT2D eigenvalue weighted by Gasteiger charge is -2.13. The SMILES string of the molecule is Cc1cc(-n2c(C)cc(/C=C3\SC(=O)N(CC(N)=O)C3=O)c2C)cc(C)c1Br. The molecular weight excluding hydrogens is 442 g/mol. The molecular formula is C20H20BrN3O3S. The summed E-state index contributed by atoms with van der Waals surface area (Å²) in [5.41, 5.74) is 11.3. The number of carbonyl (C=O) groups excluding carboxylic acids is 3. The minimum atomic E-state index is -0.720. The van der Waals surface area contributed by atoms with Gasteiger partial charge in [0.15, 0.2) is 0 Å². The lowest BCUT2D eigenvalue weighted by atomic mass is 10.1. The van der Waals surface area contributed by atoms with Crippen molar-refractivity contribution in [2.75, 3.05) is 6.54 Å². The van der Waals surface area contributed by atoms with E-state index in [4.69, 9.17) is 5.73 Å². The van der Waals surface area contributed by atoms with Gasteiger partial charge in [-0.3, -0.25) is 19.3 Å². The third-order valence-corrected chi connectivity index (χ3v) is 6.78. The third kappa shape index (κ3) is 3.66. The number of nitrogens with two attached hydrogens (primary N) is 1. The van der Waals surface area contributed by atoms with E-state index >= 15 is 0 Å². The van der Waals surface area contributed by atoms with E-state index in [1.54, 1.807) is 6.08 Å². The Kier molecular flexibility index (Phi) is 5.54. The smallest absolute Gasteiger partial charge is 0.294 e. The molecule has 3 amide bonds. The molecule has 2 aromatic rings. The van der Waals surface area contributed by atoms with Gasteiger partial charge in [0.2, 0.25) is 5.91 Å². The highest BCUT2D eigenvalue weighted by molar-refractivity contribution is 9.10. The molecule has 0 unspecified atom stereocenters. The van der Waals surface area contributed by atoms with Gasteiger partial charge in [-0.1, -0.05) is 15.9 Å². The number of rotatable bonds is 4. The molecule has 2 heterocycles. The van der Waals surface area contributed by atoms with E-state index in [-0.39, 0.29) is 4.91 Å². The lowest BCUT2D eigenvalue weighted by molar-refractivity contribution is -0.127. The zero-order valence-electron chi connectivity index (χ0n) is 16.0. The molecule has 0 radical (unpaired) electrons. The molecule has 1 aliphatic rings. The molecule has 0 atom stereocenters. The molecule has 3 rings (SSSR count). The number of imide groups is 1. The number of thioether (sulfide) groups is 1. The summed E-state index contributed by atoms with van der Waals surface area (Å²) in [5, 5.41) is -0.483. The maximum absolute atomic E-state index is 12.5. The van der Waals surface area contributed by atoms with Crippen molar-refractivity contribution >= 4 is 50.8 Å². The van der Waals surface area contributed by atoms with Gasteiger partial charge in [0.1, 0.15) is 6.54 Å². The summed E-state index contributed by atoms with van der Waals surface area (Å²) in [5.74, 6) is -1.21. The fourth-order valence-corrected chi connectivity index (χ4v) is 4.37. The summed E-state index contributed by atoms with van der Waals surface area (Å²) < 4.78 is 3.20. The predicted octanol–water partition coefficient (Wildman–Crippen LogP) is 4.00. The number of halogens is 1. The standard InChI is InChI=1S/C20H20BrN3O3S/c1-10-5-15(6-11(2)18(10)21)24-12(3)7-14(13(24)4)8-16-19(26)23(9-17(22)25)20(27)28-16/h5-8H,9H2,1-4H3,(H2,22,25)/b16-8-. The molecule has 146 valence electrons. The summed E-state index contributed by atoms with van der Waals surface area (Å²) >= 11 is 4.41. The average Bonchev–Trinajstić information content (AvgIpc) is 3.02. The summed E-state index contributed by atoms with van der Waals surface area (Å²) in [7, 11) is 0. The summed E-state index contributed by atoms with van der Waals surface area (Å²) in [6.07, 6.45) is 1.70. The van der Waals surface area contributed by atoms with Gasteiger partial charge in [-0.25, -0.2) is 0 Å². The molecule has 0 aliphatic carbocycles. The van der Waals surface area contributed by atoms with Crippen LogP contribution in [0.4, 0.5) is 4.79 Å². The monoisotopic (exact) mass is 461 g/mol. The fourth-order valence-electron chi connectivity index (χ4n) is 3.32. The van der Waals surface area contributed by atoms with Crippen LogP contribution in [0.3, 0.4) is 0 Å². The molecule has 28 heavy (non-hydrogen) atoms. The van der Waals surface area contributed by atoms with Gasteiger partial charge < -0.3 is 10.3 Å². The first-order valence-electron chi connectivity index (χ1n) is 8.60. The summed E-state index contributed by atoms with van der Waals surface area (Å²) in [6, 6.07) is 6.17. The quantitative estimate of drug-likeness (QED) is 0.697. The minimum Gasteiger partial charge on any atom is -0.368 e. The van der Waals surface area contributed by atoms with Gasteiger partial charge in [0.05, 0.1) is 4.91 Å². The molecule has 6 nitrogen and oxygen atoms in total. The highest BCUT2D eigenvalue weighted by Gasteiger charge is 2.36. The zero-order chi connectivity index (χ0) is 20.7. The van der Waals surface area contributed by atoms with E-state index in [0.29, 0.717) is 0 Å². The van der Waals surface area contributed by atoms with Crippen molar-refractivity contribution in [2.45, 2.75) is 27.7 Å². The fraction of sp³-hybridized carbons (Fsp3) is 0.250. The number of amides is 3. The number of aryl methyl sites for hydroxylation is 3. The van der Waals surface area contributed by atoms with Gasteiger partial charge in [-0.05, 0) is 80.4 Å². The second-order valence-electron chi connectivity index (χ2n) is 6.79. The Labute approximate surface area is 175 Å². The molecule has 0 saturated carbocycles. The van der Waals surface area contributed by atoms with Crippen molar-refractivity contribution in [3.8, 4) is 5.69 Å². The summed E-state index contributed by atoms with van der Waals surface area (Å²) in [6.45, 7) is 7.66. The minimum absolute atomic E-state index is 0.287. The van der Waals surface area contributed by atoms with Gasteiger partial charge >= 0.3 is 0 Å². The average molecular weight is 462 g/mol. The van der Waals surface area contributed by atoms with Crippen LogP contribution in [0.15, 0.2) is 27.6 Å². The number of primary amides is 1. The highest BCUT2D eigenvalue weighted by atomic mass is 79.9. The predicted molar refractivity (Wildman–Crippen MR) is 114 cm³/mol. The van der Waals surface area contributed by atoms with Crippen molar-refractivity contribution in [3.63, 3.8) is 0 Å². The van der Waals surface area contributed by atoms with E-state index in [1.807, 2.05) is 33.8 Å². The third-order valence-electron chi connectivity index (χ3n) is 4.62. The number of carbonyl (C=O) groups is 3. The number of nitrogens with zero attached hydrogens (tertiary/aromatic N) is 2. The molecule has 1 fully saturated rings. The van der Waals surface area contributed by atoms with Crippen molar-refractivity contribution in [1.82, 2.24) is 9.47 Å². The van der Waals surface area contributed by atoms with Crippen LogP contribution in [-0.4, -0.2) is 33.1 Å². The Hall–Kier alpha value is -2.32. The van der Waals surface area contributed by atoms with E-state index in [1.165, 1.54) is 0 Å². The van der Waals surface area contributed by atoms with Crippen LogP contribution < -0.4 is 5.73 Å². The molecule has 0 spiro atoms. The largest absolute Gasteiger partial charge is 0.368 e. The first kappa shape index (κ1) is 20.4. The zero-order valence-corrected chi connectivity index (χ0v) is 18.4. The van der Waals surface area contributed by atoms with Crippen molar-refractivity contribution < 1.29 is 14.4 Å².